The van der Waals surface area contributed by atoms with Crippen LogP contribution in [0, 0.1) is 6.92 Å². The van der Waals surface area contributed by atoms with Crippen LogP contribution in [0.1, 0.15) is 44.8 Å². The molecule has 1 rings (SSSR count). The van der Waals surface area contributed by atoms with Gasteiger partial charge < -0.3 is 5.43 Å². The zero-order valence-electron chi connectivity index (χ0n) is 10.2. The molecule has 1 heterocycles. The number of rotatable bonds is 2. The number of nitrogens with two attached hydrogens (primary N) is 1. The summed E-state index contributed by atoms with van der Waals surface area (Å²) in [6.07, 6.45) is 0.895. The maximum Gasteiger partial charge on any atom is 0.146 e. The van der Waals surface area contributed by atoms with E-state index in [0.29, 0.717) is 0 Å². The molecular formula is C11H20N4. The summed E-state index contributed by atoms with van der Waals surface area (Å²) in [5.41, 5.74) is 4.67. The van der Waals surface area contributed by atoms with Crippen LogP contribution in [0.4, 0.5) is 5.82 Å². The molecule has 0 aliphatic rings. The minimum atomic E-state index is -0.0524. The summed E-state index contributed by atoms with van der Waals surface area (Å²) in [7, 11) is 0. The molecule has 84 valence electrons. The molecule has 0 aromatic carbocycles. The topological polar surface area (TPSA) is 63.8 Å². The highest BCUT2D eigenvalue weighted by molar-refractivity contribution is 5.45. The van der Waals surface area contributed by atoms with Crippen molar-refractivity contribution in [2.75, 3.05) is 5.43 Å². The molecule has 4 heteroatoms. The molecule has 0 amide bonds. The van der Waals surface area contributed by atoms with Gasteiger partial charge in [0.1, 0.15) is 11.6 Å². The third-order valence-electron chi connectivity index (χ3n) is 2.39. The van der Waals surface area contributed by atoms with E-state index in [1.54, 1.807) is 0 Å². The monoisotopic (exact) mass is 208 g/mol. The number of nitrogens with one attached hydrogen (secondary N) is 1. The largest absolute Gasteiger partial charge is 0.308 e. The van der Waals surface area contributed by atoms with E-state index in [1.165, 1.54) is 0 Å². The maximum atomic E-state index is 5.45. The lowest BCUT2D eigenvalue weighted by molar-refractivity contribution is 0.541. The van der Waals surface area contributed by atoms with Gasteiger partial charge in [-0.25, -0.2) is 15.8 Å². The van der Waals surface area contributed by atoms with E-state index in [9.17, 15) is 0 Å². The normalized spacial score (nSPS) is 11.6. The molecule has 0 spiro atoms. The predicted octanol–water partition coefficient (Wildman–Crippen LogP) is 1.93. The first-order valence-electron chi connectivity index (χ1n) is 5.24. The van der Waals surface area contributed by atoms with Gasteiger partial charge in [0.15, 0.2) is 0 Å². The van der Waals surface area contributed by atoms with Crippen molar-refractivity contribution in [1.82, 2.24) is 9.97 Å². The average Bonchev–Trinajstić information content (AvgIpc) is 2.16. The first-order chi connectivity index (χ1) is 6.90. The molecule has 0 saturated carbocycles. The molecule has 0 fully saturated rings. The van der Waals surface area contributed by atoms with Gasteiger partial charge in [-0.05, 0) is 13.3 Å². The van der Waals surface area contributed by atoms with Crippen LogP contribution in [0.2, 0.25) is 0 Å². The fourth-order valence-corrected chi connectivity index (χ4v) is 1.38. The number of aryl methyl sites for hydroxylation is 1. The van der Waals surface area contributed by atoms with Crippen LogP contribution in [0.3, 0.4) is 0 Å². The molecule has 0 aliphatic carbocycles. The number of aromatic nitrogens is 2. The first-order valence-corrected chi connectivity index (χ1v) is 5.24. The molecule has 0 radical (unpaired) electrons. The molecule has 0 atom stereocenters. The number of anilines is 1. The van der Waals surface area contributed by atoms with Crippen LogP contribution in [0.25, 0.3) is 0 Å². The van der Waals surface area contributed by atoms with E-state index in [4.69, 9.17) is 5.84 Å². The quantitative estimate of drug-likeness (QED) is 0.576. The molecule has 4 nitrogen and oxygen atoms in total. The Morgan fingerprint density at radius 3 is 2.27 bits per heavy atom. The van der Waals surface area contributed by atoms with Crippen LogP contribution in [0.5, 0.6) is 0 Å². The van der Waals surface area contributed by atoms with Crippen molar-refractivity contribution in [3.8, 4) is 0 Å². The Bertz CT molecular complexity index is 327. The van der Waals surface area contributed by atoms with Crippen LogP contribution < -0.4 is 11.3 Å². The number of hydrogen-bond donors (Lipinski definition) is 2. The van der Waals surface area contributed by atoms with Crippen molar-refractivity contribution in [1.29, 1.82) is 0 Å². The van der Waals surface area contributed by atoms with Gasteiger partial charge in [0.2, 0.25) is 0 Å². The minimum absolute atomic E-state index is 0.0524. The van der Waals surface area contributed by atoms with Gasteiger partial charge in [-0.2, -0.15) is 0 Å². The van der Waals surface area contributed by atoms with Crippen molar-refractivity contribution in [3.05, 3.63) is 17.1 Å². The van der Waals surface area contributed by atoms with E-state index in [1.807, 2.05) is 6.92 Å². The second kappa shape index (κ2) is 4.14. The minimum Gasteiger partial charge on any atom is -0.308 e. The van der Waals surface area contributed by atoms with Crippen molar-refractivity contribution in [3.63, 3.8) is 0 Å². The fourth-order valence-electron chi connectivity index (χ4n) is 1.38. The number of nitrogens with zero attached hydrogens (tertiary/aromatic N) is 2. The standard InChI is InChI=1S/C11H20N4/c1-6-8-7(2)9(15-12)14-10(13-8)11(3,4)5/h6,12H2,1-5H3,(H,13,14,15). The summed E-state index contributed by atoms with van der Waals surface area (Å²) in [6, 6.07) is 0. The number of nitrogen functional groups attached to an aromatic ring is 1. The molecule has 1 aromatic heterocycles. The molecule has 0 unspecified atom stereocenters. The van der Waals surface area contributed by atoms with E-state index in [0.717, 1.165) is 29.3 Å². The summed E-state index contributed by atoms with van der Waals surface area (Å²) in [5, 5.41) is 0. The molecule has 3 N–H and O–H groups in total. The van der Waals surface area contributed by atoms with Crippen molar-refractivity contribution in [2.24, 2.45) is 5.84 Å². The third kappa shape index (κ3) is 2.45. The number of hydrazine groups is 1. The summed E-state index contributed by atoms with van der Waals surface area (Å²) in [4.78, 5) is 8.99. The molecule has 0 aliphatic heterocycles. The maximum absolute atomic E-state index is 5.45. The SMILES string of the molecule is CCc1nc(C(C)(C)C)nc(NN)c1C. The van der Waals surface area contributed by atoms with Crippen LogP contribution in [-0.4, -0.2) is 9.97 Å². The van der Waals surface area contributed by atoms with Gasteiger partial charge in [0, 0.05) is 16.7 Å². The fraction of sp³-hybridized carbons (Fsp3) is 0.636. The highest BCUT2D eigenvalue weighted by Gasteiger charge is 2.20. The summed E-state index contributed by atoms with van der Waals surface area (Å²) in [6.45, 7) is 10.4. The van der Waals surface area contributed by atoms with Crippen LogP contribution in [-0.2, 0) is 11.8 Å². The van der Waals surface area contributed by atoms with Gasteiger partial charge in [0.25, 0.3) is 0 Å². The lowest BCUT2D eigenvalue weighted by atomic mass is 9.95. The first kappa shape index (κ1) is 11.9. The smallest absolute Gasteiger partial charge is 0.146 e. The highest BCUT2D eigenvalue weighted by atomic mass is 15.3. The van der Waals surface area contributed by atoms with E-state index in [2.05, 4.69) is 43.1 Å². The Hall–Kier alpha value is -1.16. The Morgan fingerprint density at radius 2 is 1.87 bits per heavy atom. The van der Waals surface area contributed by atoms with Crippen molar-refractivity contribution < 1.29 is 0 Å². The van der Waals surface area contributed by atoms with E-state index >= 15 is 0 Å². The van der Waals surface area contributed by atoms with Gasteiger partial charge in [-0.3, -0.25) is 0 Å². The van der Waals surface area contributed by atoms with Gasteiger partial charge in [-0.1, -0.05) is 27.7 Å². The van der Waals surface area contributed by atoms with E-state index < -0.39 is 0 Å². The molecular weight excluding hydrogens is 188 g/mol. The Balaban J connectivity index is 3.33. The molecule has 0 saturated heterocycles. The molecule has 0 bridgehead atoms. The summed E-state index contributed by atoms with van der Waals surface area (Å²) >= 11 is 0. The lowest BCUT2D eigenvalue weighted by Crippen LogP contribution is -2.21. The van der Waals surface area contributed by atoms with E-state index in [-0.39, 0.29) is 5.41 Å². The molecule has 1 aromatic rings. The van der Waals surface area contributed by atoms with Gasteiger partial charge in [-0.15, -0.1) is 0 Å². The van der Waals surface area contributed by atoms with Crippen LogP contribution in [0.15, 0.2) is 0 Å². The van der Waals surface area contributed by atoms with Crippen molar-refractivity contribution >= 4 is 5.82 Å². The zero-order chi connectivity index (χ0) is 11.6. The average molecular weight is 208 g/mol. The summed E-state index contributed by atoms with van der Waals surface area (Å²) < 4.78 is 0. The molecule has 15 heavy (non-hydrogen) atoms. The van der Waals surface area contributed by atoms with Gasteiger partial charge >= 0.3 is 0 Å². The Labute approximate surface area is 91.3 Å². The highest BCUT2D eigenvalue weighted by Crippen LogP contribution is 2.23. The van der Waals surface area contributed by atoms with Crippen molar-refractivity contribution in [2.45, 2.75) is 46.5 Å². The lowest BCUT2D eigenvalue weighted by Gasteiger charge is -2.19. The summed E-state index contributed by atoms with van der Waals surface area (Å²) in [5.74, 6) is 7.01. The third-order valence-corrected chi connectivity index (χ3v) is 2.39. The zero-order valence-corrected chi connectivity index (χ0v) is 10.2. The predicted molar refractivity (Wildman–Crippen MR) is 62.7 cm³/mol. The van der Waals surface area contributed by atoms with Crippen LogP contribution >= 0.6 is 0 Å². The Kier molecular flexibility index (Phi) is 3.29. The Morgan fingerprint density at radius 1 is 1.27 bits per heavy atom. The second-order valence-corrected chi connectivity index (χ2v) is 4.72. The second-order valence-electron chi connectivity index (χ2n) is 4.72. The number of hydrogen-bond acceptors (Lipinski definition) is 4. The van der Waals surface area contributed by atoms with Gasteiger partial charge in [0.05, 0.1) is 0 Å².